The molecule has 1 unspecified atom stereocenters. The minimum atomic E-state index is 0.0332. The Morgan fingerprint density at radius 1 is 1.63 bits per heavy atom. The Kier molecular flexibility index (Phi) is 4.66. The van der Waals surface area contributed by atoms with E-state index in [0.717, 1.165) is 36.2 Å². The van der Waals surface area contributed by atoms with Crippen molar-refractivity contribution in [3.8, 4) is 5.75 Å². The fourth-order valence-electron chi connectivity index (χ4n) is 2.46. The van der Waals surface area contributed by atoms with Crippen LogP contribution in [0, 0.1) is 0 Å². The van der Waals surface area contributed by atoms with E-state index in [0.29, 0.717) is 5.84 Å². The van der Waals surface area contributed by atoms with Gasteiger partial charge in [0.05, 0.1) is 17.6 Å². The largest absolute Gasteiger partial charge is 0.496 e. The lowest BCUT2D eigenvalue weighted by Gasteiger charge is -2.23. The summed E-state index contributed by atoms with van der Waals surface area (Å²) in [5.74, 6) is 1.11. The topological polar surface area (TPSA) is 71.1 Å². The van der Waals surface area contributed by atoms with Crippen LogP contribution in [0.2, 0.25) is 0 Å². The van der Waals surface area contributed by atoms with Crippen LogP contribution in [-0.4, -0.2) is 35.6 Å². The molecule has 0 aromatic heterocycles. The van der Waals surface area contributed by atoms with Gasteiger partial charge in [0.25, 0.3) is 0 Å². The molecule has 0 amide bonds. The number of rotatable bonds is 4. The van der Waals surface area contributed by atoms with Crippen LogP contribution in [0.25, 0.3) is 0 Å². The van der Waals surface area contributed by atoms with Gasteiger partial charge >= 0.3 is 0 Å². The maximum atomic E-state index is 8.80. The molecule has 1 aromatic rings. The molecule has 0 bridgehead atoms. The van der Waals surface area contributed by atoms with Gasteiger partial charge in [0, 0.05) is 6.54 Å². The van der Waals surface area contributed by atoms with Crippen molar-refractivity contribution in [2.45, 2.75) is 25.4 Å². The van der Waals surface area contributed by atoms with E-state index in [2.05, 4.69) is 26.0 Å². The number of amidine groups is 1. The number of halogens is 1. The number of likely N-dealkylation sites (tertiary alicyclic amines) is 1. The first-order chi connectivity index (χ1) is 9.15. The molecule has 19 heavy (non-hydrogen) atoms. The van der Waals surface area contributed by atoms with Crippen LogP contribution in [0.4, 0.5) is 0 Å². The molecule has 5 nitrogen and oxygen atoms in total. The van der Waals surface area contributed by atoms with E-state index in [1.807, 2.05) is 18.2 Å². The standard InChI is InChI=1S/C13H18BrN3O2/c1-19-12-5-4-9(7-10(12)14)8-17-6-2-3-11(17)13(15)16-18/h4-5,7,11,18H,2-3,6,8H2,1H3,(H2,15,16). The second kappa shape index (κ2) is 6.25. The molecule has 3 N–H and O–H groups in total. The van der Waals surface area contributed by atoms with Crippen molar-refractivity contribution in [1.82, 2.24) is 4.90 Å². The number of nitrogens with zero attached hydrogens (tertiary/aromatic N) is 2. The number of oxime groups is 1. The van der Waals surface area contributed by atoms with Gasteiger partial charge in [-0.25, -0.2) is 0 Å². The molecule has 1 fully saturated rings. The fourth-order valence-corrected chi connectivity index (χ4v) is 3.05. The lowest BCUT2D eigenvalue weighted by Crippen LogP contribution is -2.40. The van der Waals surface area contributed by atoms with Crippen molar-refractivity contribution >= 4 is 21.8 Å². The molecular formula is C13H18BrN3O2. The summed E-state index contributed by atoms with van der Waals surface area (Å²) >= 11 is 3.48. The molecule has 0 aliphatic carbocycles. The fraction of sp³-hybridized carbons (Fsp3) is 0.462. The molecule has 2 rings (SSSR count). The molecule has 0 radical (unpaired) electrons. The summed E-state index contributed by atoms with van der Waals surface area (Å²) in [6.07, 6.45) is 2.01. The van der Waals surface area contributed by atoms with Crippen molar-refractivity contribution in [3.05, 3.63) is 28.2 Å². The van der Waals surface area contributed by atoms with Gasteiger partial charge in [-0.1, -0.05) is 11.2 Å². The minimum Gasteiger partial charge on any atom is -0.496 e. The SMILES string of the molecule is COc1ccc(CN2CCCC2C(N)=NO)cc1Br. The predicted octanol–water partition coefficient (Wildman–Crippen LogP) is 2.17. The van der Waals surface area contributed by atoms with Gasteiger partial charge in [0.15, 0.2) is 5.84 Å². The zero-order valence-corrected chi connectivity index (χ0v) is 12.4. The Balaban J connectivity index is 2.10. The van der Waals surface area contributed by atoms with Gasteiger partial charge in [-0.05, 0) is 53.0 Å². The maximum Gasteiger partial charge on any atom is 0.156 e. The summed E-state index contributed by atoms with van der Waals surface area (Å²) in [5.41, 5.74) is 6.90. The first-order valence-electron chi connectivity index (χ1n) is 6.19. The van der Waals surface area contributed by atoms with Crippen LogP contribution in [-0.2, 0) is 6.54 Å². The molecule has 1 aliphatic heterocycles. The summed E-state index contributed by atoms with van der Waals surface area (Å²) in [6, 6.07) is 6.05. The van der Waals surface area contributed by atoms with Crippen LogP contribution >= 0.6 is 15.9 Å². The summed E-state index contributed by atoms with van der Waals surface area (Å²) in [5, 5.41) is 11.9. The van der Waals surface area contributed by atoms with E-state index in [-0.39, 0.29) is 6.04 Å². The number of nitrogens with two attached hydrogens (primary N) is 1. The highest BCUT2D eigenvalue weighted by atomic mass is 79.9. The van der Waals surface area contributed by atoms with E-state index < -0.39 is 0 Å². The number of methoxy groups -OCH3 is 1. The first-order valence-corrected chi connectivity index (χ1v) is 6.99. The third-order valence-electron chi connectivity index (χ3n) is 3.42. The van der Waals surface area contributed by atoms with Crippen LogP contribution in [0.1, 0.15) is 18.4 Å². The molecule has 1 aromatic carbocycles. The van der Waals surface area contributed by atoms with Crippen LogP contribution in [0.3, 0.4) is 0 Å². The summed E-state index contributed by atoms with van der Waals surface area (Å²) < 4.78 is 6.15. The zero-order valence-electron chi connectivity index (χ0n) is 10.8. The van der Waals surface area contributed by atoms with Crippen LogP contribution in [0.5, 0.6) is 5.75 Å². The van der Waals surface area contributed by atoms with Gasteiger partial charge in [-0.15, -0.1) is 0 Å². The number of ether oxygens (including phenoxy) is 1. The van der Waals surface area contributed by atoms with Crippen LogP contribution in [0.15, 0.2) is 27.8 Å². The van der Waals surface area contributed by atoms with Gasteiger partial charge < -0.3 is 15.7 Å². The van der Waals surface area contributed by atoms with Gasteiger partial charge in [-0.3, -0.25) is 4.90 Å². The summed E-state index contributed by atoms with van der Waals surface area (Å²) in [7, 11) is 1.65. The Morgan fingerprint density at radius 3 is 3.05 bits per heavy atom. The average molecular weight is 328 g/mol. The Morgan fingerprint density at radius 2 is 2.42 bits per heavy atom. The molecule has 0 spiro atoms. The normalized spacial score (nSPS) is 20.7. The lowest BCUT2D eigenvalue weighted by molar-refractivity contribution is 0.274. The smallest absolute Gasteiger partial charge is 0.156 e. The van der Waals surface area contributed by atoms with Gasteiger partial charge in [-0.2, -0.15) is 0 Å². The van der Waals surface area contributed by atoms with Gasteiger partial charge in [0.2, 0.25) is 0 Å². The molecule has 1 heterocycles. The number of hydrogen-bond donors (Lipinski definition) is 2. The highest BCUT2D eigenvalue weighted by Crippen LogP contribution is 2.27. The predicted molar refractivity (Wildman–Crippen MR) is 77.5 cm³/mol. The molecule has 1 atom stereocenters. The molecular weight excluding hydrogens is 310 g/mol. The molecule has 104 valence electrons. The molecule has 6 heteroatoms. The highest BCUT2D eigenvalue weighted by Gasteiger charge is 2.27. The summed E-state index contributed by atoms with van der Waals surface area (Å²) in [6.45, 7) is 1.74. The Hall–Kier alpha value is -1.27. The average Bonchev–Trinajstić information content (AvgIpc) is 2.86. The minimum absolute atomic E-state index is 0.0332. The van der Waals surface area contributed by atoms with E-state index >= 15 is 0 Å². The van der Waals surface area contributed by atoms with Crippen molar-refractivity contribution in [2.24, 2.45) is 10.9 Å². The third-order valence-corrected chi connectivity index (χ3v) is 4.04. The zero-order chi connectivity index (χ0) is 13.8. The highest BCUT2D eigenvalue weighted by molar-refractivity contribution is 9.10. The van der Waals surface area contributed by atoms with E-state index in [9.17, 15) is 0 Å². The van der Waals surface area contributed by atoms with Crippen molar-refractivity contribution < 1.29 is 9.94 Å². The van der Waals surface area contributed by atoms with Crippen molar-refractivity contribution in [3.63, 3.8) is 0 Å². The van der Waals surface area contributed by atoms with Crippen molar-refractivity contribution in [1.29, 1.82) is 0 Å². The molecule has 0 saturated carbocycles. The monoisotopic (exact) mass is 327 g/mol. The first kappa shape index (κ1) is 14.1. The van der Waals surface area contributed by atoms with E-state index in [1.165, 1.54) is 5.56 Å². The Labute approximate surface area is 121 Å². The van der Waals surface area contributed by atoms with Crippen LogP contribution < -0.4 is 10.5 Å². The number of benzene rings is 1. The second-order valence-electron chi connectivity index (χ2n) is 4.62. The number of hydrogen-bond acceptors (Lipinski definition) is 4. The molecule has 1 saturated heterocycles. The second-order valence-corrected chi connectivity index (χ2v) is 5.48. The Bertz CT molecular complexity index is 479. The van der Waals surface area contributed by atoms with E-state index in [4.69, 9.17) is 15.7 Å². The van der Waals surface area contributed by atoms with E-state index in [1.54, 1.807) is 7.11 Å². The molecule has 1 aliphatic rings. The quantitative estimate of drug-likeness (QED) is 0.385. The lowest BCUT2D eigenvalue weighted by atomic mass is 10.1. The maximum absolute atomic E-state index is 8.80. The van der Waals surface area contributed by atoms with Crippen molar-refractivity contribution in [2.75, 3.05) is 13.7 Å². The third kappa shape index (κ3) is 3.19. The van der Waals surface area contributed by atoms with Gasteiger partial charge in [0.1, 0.15) is 5.75 Å². The summed E-state index contributed by atoms with van der Waals surface area (Å²) in [4.78, 5) is 2.23.